The van der Waals surface area contributed by atoms with Crippen molar-refractivity contribution in [3.63, 3.8) is 0 Å². The summed E-state index contributed by atoms with van der Waals surface area (Å²) < 4.78 is 10.6. The molecule has 0 heterocycles. The van der Waals surface area contributed by atoms with Crippen molar-refractivity contribution in [2.75, 3.05) is 13.7 Å². The Morgan fingerprint density at radius 3 is 2.73 bits per heavy atom. The molecule has 2 aromatic rings. The van der Waals surface area contributed by atoms with Gasteiger partial charge in [0.05, 0.1) is 13.3 Å². The maximum Gasteiger partial charge on any atom is 0.277 e. The Balaban J connectivity index is 1.93. The van der Waals surface area contributed by atoms with Crippen LogP contribution in [0.3, 0.4) is 0 Å². The minimum atomic E-state index is -0.391. The molecule has 2 aromatic carbocycles. The fraction of sp³-hybridized carbons (Fsp3) is 0.300. The fourth-order valence-electron chi connectivity index (χ4n) is 2.29. The molecule has 0 atom stereocenters. The van der Waals surface area contributed by atoms with Gasteiger partial charge in [-0.25, -0.2) is 5.43 Å². The highest BCUT2D eigenvalue weighted by Crippen LogP contribution is 2.28. The Kier molecular flexibility index (Phi) is 6.60. The smallest absolute Gasteiger partial charge is 0.277 e. The molecule has 1 amide bonds. The molecule has 0 aromatic heterocycles. The van der Waals surface area contributed by atoms with Gasteiger partial charge >= 0.3 is 0 Å². The number of nitrogens with zero attached hydrogens (tertiary/aromatic N) is 1. The second-order valence-electron chi connectivity index (χ2n) is 6.16. The van der Waals surface area contributed by atoms with E-state index in [1.165, 1.54) is 13.3 Å². The van der Waals surface area contributed by atoms with Crippen molar-refractivity contribution in [3.8, 4) is 17.2 Å². The molecule has 0 aliphatic rings. The molecule has 6 nitrogen and oxygen atoms in total. The minimum Gasteiger partial charge on any atom is -0.504 e. The second-order valence-corrected chi connectivity index (χ2v) is 6.16. The van der Waals surface area contributed by atoms with Crippen LogP contribution in [-0.2, 0) is 4.79 Å². The first-order chi connectivity index (χ1) is 12.4. The molecule has 0 aliphatic carbocycles. The first-order valence-electron chi connectivity index (χ1n) is 8.33. The number of amides is 1. The summed E-state index contributed by atoms with van der Waals surface area (Å²) in [4.78, 5) is 11.9. The molecule has 0 saturated heterocycles. The van der Waals surface area contributed by atoms with Crippen LogP contribution in [0.2, 0.25) is 0 Å². The van der Waals surface area contributed by atoms with Crippen molar-refractivity contribution in [2.45, 2.75) is 26.7 Å². The summed E-state index contributed by atoms with van der Waals surface area (Å²) in [6.07, 6.45) is 1.35. The molecule has 138 valence electrons. The predicted octanol–water partition coefficient (Wildman–Crippen LogP) is 3.36. The van der Waals surface area contributed by atoms with Crippen molar-refractivity contribution < 1.29 is 19.4 Å². The number of hydrazone groups is 1. The van der Waals surface area contributed by atoms with Gasteiger partial charge in [-0.3, -0.25) is 4.79 Å². The average Bonchev–Trinajstić information content (AvgIpc) is 2.62. The highest BCUT2D eigenvalue weighted by molar-refractivity contribution is 5.86. The highest BCUT2D eigenvalue weighted by atomic mass is 16.5. The molecule has 0 bridgehead atoms. The van der Waals surface area contributed by atoms with Gasteiger partial charge in [-0.05, 0) is 42.2 Å². The molecule has 26 heavy (non-hydrogen) atoms. The molecule has 2 N–H and O–H groups in total. The second kappa shape index (κ2) is 8.89. The molecule has 0 unspecified atom stereocenters. The topological polar surface area (TPSA) is 80.2 Å². The van der Waals surface area contributed by atoms with Crippen molar-refractivity contribution >= 4 is 12.1 Å². The lowest BCUT2D eigenvalue weighted by atomic mass is 10.0. The highest BCUT2D eigenvalue weighted by Gasteiger charge is 2.08. The summed E-state index contributed by atoms with van der Waals surface area (Å²) in [5.41, 5.74) is 4.93. The van der Waals surface area contributed by atoms with Crippen LogP contribution < -0.4 is 14.9 Å². The van der Waals surface area contributed by atoms with Crippen molar-refractivity contribution in [1.82, 2.24) is 5.43 Å². The largest absolute Gasteiger partial charge is 0.504 e. The molecule has 0 radical (unpaired) electrons. The predicted molar refractivity (Wildman–Crippen MR) is 101 cm³/mol. The van der Waals surface area contributed by atoms with Crippen LogP contribution in [0.5, 0.6) is 17.2 Å². The van der Waals surface area contributed by atoms with E-state index in [1.54, 1.807) is 18.2 Å². The van der Waals surface area contributed by atoms with Crippen LogP contribution in [0.15, 0.2) is 41.5 Å². The van der Waals surface area contributed by atoms with E-state index < -0.39 is 5.91 Å². The lowest BCUT2D eigenvalue weighted by Crippen LogP contribution is -2.24. The number of phenols is 1. The van der Waals surface area contributed by atoms with E-state index in [9.17, 15) is 9.90 Å². The number of hydrogen-bond acceptors (Lipinski definition) is 5. The van der Waals surface area contributed by atoms with Gasteiger partial charge in [-0.1, -0.05) is 32.0 Å². The molecule has 0 saturated carbocycles. The van der Waals surface area contributed by atoms with E-state index >= 15 is 0 Å². The van der Waals surface area contributed by atoms with Crippen LogP contribution >= 0.6 is 0 Å². The number of aromatic hydroxyl groups is 1. The third-order valence-corrected chi connectivity index (χ3v) is 3.88. The summed E-state index contributed by atoms with van der Waals surface area (Å²) in [6.45, 7) is 5.98. The zero-order valence-corrected chi connectivity index (χ0v) is 15.4. The molecule has 2 rings (SSSR count). The Morgan fingerprint density at radius 1 is 1.27 bits per heavy atom. The molecule has 0 fully saturated rings. The zero-order chi connectivity index (χ0) is 19.1. The van der Waals surface area contributed by atoms with Gasteiger partial charge in [0.1, 0.15) is 5.75 Å². The summed E-state index contributed by atoms with van der Waals surface area (Å²) in [6, 6.07) is 11.0. The summed E-state index contributed by atoms with van der Waals surface area (Å²) in [7, 11) is 1.46. The lowest BCUT2D eigenvalue weighted by Gasteiger charge is -2.12. The molecule has 0 aliphatic heterocycles. The first-order valence-corrected chi connectivity index (χ1v) is 8.33. The first kappa shape index (κ1) is 19.3. The van der Waals surface area contributed by atoms with Crippen LogP contribution in [-0.4, -0.2) is 30.9 Å². The number of carbonyl (C=O) groups excluding carboxylic acids is 1. The third-order valence-electron chi connectivity index (χ3n) is 3.88. The Morgan fingerprint density at radius 2 is 2.04 bits per heavy atom. The van der Waals surface area contributed by atoms with Crippen molar-refractivity contribution in [3.05, 3.63) is 53.1 Å². The number of hydrogen-bond donors (Lipinski definition) is 2. The SMILES string of the molecule is COc1cccc(/C=N\NC(=O)COc2cc(C(C)C)ccc2C)c1O. The lowest BCUT2D eigenvalue weighted by molar-refractivity contribution is -0.123. The van der Waals surface area contributed by atoms with E-state index in [4.69, 9.17) is 9.47 Å². The minimum absolute atomic E-state index is 0.0367. The van der Waals surface area contributed by atoms with Gasteiger partial charge in [0.25, 0.3) is 5.91 Å². The number of phenolic OH excluding ortho intramolecular Hbond substituents is 1. The number of methoxy groups -OCH3 is 1. The number of ether oxygens (including phenoxy) is 2. The summed E-state index contributed by atoms with van der Waals surface area (Å²) >= 11 is 0. The number of rotatable bonds is 7. The van der Waals surface area contributed by atoms with Crippen molar-refractivity contribution in [2.24, 2.45) is 5.10 Å². The molecule has 6 heteroatoms. The average molecular weight is 356 g/mol. The zero-order valence-electron chi connectivity index (χ0n) is 15.4. The van der Waals surface area contributed by atoms with Crippen LogP contribution in [0.1, 0.15) is 36.5 Å². The fourth-order valence-corrected chi connectivity index (χ4v) is 2.29. The Bertz CT molecular complexity index is 800. The van der Waals surface area contributed by atoms with Gasteiger partial charge in [0.2, 0.25) is 0 Å². The summed E-state index contributed by atoms with van der Waals surface area (Å²) in [5.74, 6) is 0.972. The quantitative estimate of drug-likeness (QED) is 0.589. The maximum atomic E-state index is 11.9. The number of nitrogens with one attached hydrogen (secondary N) is 1. The van der Waals surface area contributed by atoms with Crippen LogP contribution in [0.25, 0.3) is 0 Å². The maximum absolute atomic E-state index is 11.9. The van der Waals surface area contributed by atoms with E-state index in [1.807, 2.05) is 19.1 Å². The van der Waals surface area contributed by atoms with E-state index in [0.29, 0.717) is 23.0 Å². The number of para-hydroxylation sites is 1. The monoisotopic (exact) mass is 356 g/mol. The number of carbonyl (C=O) groups is 1. The Hall–Kier alpha value is -3.02. The number of aryl methyl sites for hydroxylation is 1. The van der Waals surface area contributed by atoms with Crippen LogP contribution in [0, 0.1) is 6.92 Å². The van der Waals surface area contributed by atoms with E-state index in [2.05, 4.69) is 30.4 Å². The normalized spacial score (nSPS) is 11.0. The van der Waals surface area contributed by atoms with Crippen molar-refractivity contribution in [1.29, 1.82) is 0 Å². The van der Waals surface area contributed by atoms with Gasteiger partial charge in [-0.15, -0.1) is 0 Å². The van der Waals surface area contributed by atoms with Gasteiger partial charge in [0, 0.05) is 5.56 Å². The number of benzene rings is 2. The Labute approximate surface area is 153 Å². The molecular weight excluding hydrogens is 332 g/mol. The molecule has 0 spiro atoms. The van der Waals surface area contributed by atoms with E-state index in [-0.39, 0.29) is 12.4 Å². The van der Waals surface area contributed by atoms with Gasteiger partial charge in [0.15, 0.2) is 18.1 Å². The summed E-state index contributed by atoms with van der Waals surface area (Å²) in [5, 5.41) is 13.8. The van der Waals surface area contributed by atoms with Crippen LogP contribution in [0.4, 0.5) is 0 Å². The van der Waals surface area contributed by atoms with Gasteiger partial charge in [-0.2, -0.15) is 5.10 Å². The van der Waals surface area contributed by atoms with E-state index in [0.717, 1.165) is 11.1 Å². The standard InChI is InChI=1S/C20H24N2O4/c1-13(2)15-9-8-14(3)18(10-15)26-12-19(23)22-21-11-16-6-5-7-17(25-4)20(16)24/h5-11,13,24H,12H2,1-4H3,(H,22,23)/b21-11-. The van der Waals surface area contributed by atoms with Gasteiger partial charge < -0.3 is 14.6 Å². The third kappa shape index (κ3) is 4.99. The molecular formula is C20H24N2O4.